The van der Waals surface area contributed by atoms with Gasteiger partial charge in [0.15, 0.2) is 0 Å². The van der Waals surface area contributed by atoms with Crippen LogP contribution in [0.15, 0.2) is 48.9 Å². The summed E-state index contributed by atoms with van der Waals surface area (Å²) in [6, 6.07) is 9.72. The lowest BCUT2D eigenvalue weighted by Gasteiger charge is -2.19. The highest BCUT2D eigenvalue weighted by molar-refractivity contribution is 6.07. The third-order valence-corrected chi connectivity index (χ3v) is 5.40. The first-order valence-electron chi connectivity index (χ1n) is 10.3. The second-order valence-corrected chi connectivity index (χ2v) is 7.85. The standard InChI is InChI=1S/C24H26N6O2/c1-14-12-30(3)29-22(14)15(2)28-23-19-9-16(17-5-7-18(13-32-4)26-10-17)6-8-21(19)27-11-20(23)24(25)31/h5-12,15H,13H2,1-4H3,(H2,25,31)(H,27,28)/t15-/m0/s1. The maximum Gasteiger partial charge on any atom is 0.252 e. The molecule has 8 heteroatoms. The van der Waals surface area contributed by atoms with E-state index >= 15 is 0 Å². The van der Waals surface area contributed by atoms with Crippen LogP contribution in [0.4, 0.5) is 5.69 Å². The molecule has 164 valence electrons. The summed E-state index contributed by atoms with van der Waals surface area (Å²) in [6.45, 7) is 4.48. The fourth-order valence-corrected chi connectivity index (χ4v) is 3.88. The molecule has 0 aliphatic carbocycles. The van der Waals surface area contributed by atoms with Crippen LogP contribution in [0.1, 0.15) is 40.3 Å². The predicted molar refractivity (Wildman–Crippen MR) is 124 cm³/mol. The summed E-state index contributed by atoms with van der Waals surface area (Å²) in [6.07, 6.45) is 5.30. The van der Waals surface area contributed by atoms with E-state index in [0.29, 0.717) is 17.9 Å². The minimum absolute atomic E-state index is 0.140. The van der Waals surface area contributed by atoms with E-state index < -0.39 is 5.91 Å². The smallest absolute Gasteiger partial charge is 0.252 e. The Hall–Kier alpha value is -3.78. The maximum absolute atomic E-state index is 12.2. The number of ether oxygens (including phenoxy) is 1. The van der Waals surface area contributed by atoms with Gasteiger partial charge < -0.3 is 15.8 Å². The minimum Gasteiger partial charge on any atom is -0.378 e. The third kappa shape index (κ3) is 4.17. The van der Waals surface area contributed by atoms with E-state index in [4.69, 9.17) is 10.5 Å². The third-order valence-electron chi connectivity index (χ3n) is 5.40. The summed E-state index contributed by atoms with van der Waals surface area (Å²) >= 11 is 0. The number of carbonyl (C=O) groups excluding carboxylic acids is 1. The van der Waals surface area contributed by atoms with Crippen LogP contribution in [-0.4, -0.2) is 32.8 Å². The van der Waals surface area contributed by atoms with Crippen molar-refractivity contribution in [3.63, 3.8) is 0 Å². The molecule has 0 aliphatic heterocycles. The molecule has 3 heterocycles. The molecular formula is C24H26N6O2. The number of benzene rings is 1. The van der Waals surface area contributed by atoms with Crippen LogP contribution < -0.4 is 11.1 Å². The highest BCUT2D eigenvalue weighted by atomic mass is 16.5. The van der Waals surface area contributed by atoms with Gasteiger partial charge in [-0.05, 0) is 43.2 Å². The van der Waals surface area contributed by atoms with E-state index in [0.717, 1.165) is 39.0 Å². The van der Waals surface area contributed by atoms with Crippen molar-refractivity contribution in [2.45, 2.75) is 26.5 Å². The number of methoxy groups -OCH3 is 1. The lowest BCUT2D eigenvalue weighted by molar-refractivity contribution is 0.100. The van der Waals surface area contributed by atoms with E-state index in [1.54, 1.807) is 11.8 Å². The number of carbonyl (C=O) groups is 1. The highest BCUT2D eigenvalue weighted by Crippen LogP contribution is 2.33. The number of amides is 1. The topological polar surface area (TPSA) is 108 Å². The van der Waals surface area contributed by atoms with E-state index in [1.165, 1.54) is 6.20 Å². The van der Waals surface area contributed by atoms with Crippen LogP contribution >= 0.6 is 0 Å². The zero-order valence-corrected chi connectivity index (χ0v) is 18.6. The number of hydrogen-bond donors (Lipinski definition) is 2. The van der Waals surface area contributed by atoms with Gasteiger partial charge in [0.05, 0.1) is 40.8 Å². The molecule has 0 radical (unpaired) electrons. The van der Waals surface area contributed by atoms with Gasteiger partial charge in [-0.2, -0.15) is 5.10 Å². The summed E-state index contributed by atoms with van der Waals surface area (Å²) in [4.78, 5) is 21.1. The van der Waals surface area contributed by atoms with Gasteiger partial charge in [0, 0.05) is 43.7 Å². The number of rotatable bonds is 7. The Labute approximate surface area is 186 Å². The van der Waals surface area contributed by atoms with Crippen molar-refractivity contribution in [3.8, 4) is 11.1 Å². The van der Waals surface area contributed by atoms with Crippen molar-refractivity contribution in [1.82, 2.24) is 19.7 Å². The van der Waals surface area contributed by atoms with Crippen molar-refractivity contribution >= 4 is 22.5 Å². The van der Waals surface area contributed by atoms with E-state index in [9.17, 15) is 4.79 Å². The monoisotopic (exact) mass is 430 g/mol. The van der Waals surface area contributed by atoms with E-state index in [-0.39, 0.29) is 6.04 Å². The van der Waals surface area contributed by atoms with Crippen molar-refractivity contribution < 1.29 is 9.53 Å². The first-order chi connectivity index (χ1) is 15.4. The summed E-state index contributed by atoms with van der Waals surface area (Å²) in [5.74, 6) is -0.539. The molecule has 0 spiro atoms. The number of anilines is 1. The number of nitrogens with one attached hydrogen (secondary N) is 1. The number of aromatic nitrogens is 4. The second kappa shape index (κ2) is 8.76. The number of nitrogens with zero attached hydrogens (tertiary/aromatic N) is 4. The van der Waals surface area contributed by atoms with E-state index in [1.807, 2.05) is 63.6 Å². The van der Waals surface area contributed by atoms with Gasteiger partial charge in [-0.15, -0.1) is 0 Å². The number of fused-ring (bicyclic) bond motifs is 1. The Morgan fingerprint density at radius 3 is 2.59 bits per heavy atom. The molecule has 32 heavy (non-hydrogen) atoms. The quantitative estimate of drug-likeness (QED) is 0.462. The maximum atomic E-state index is 12.2. The number of hydrogen-bond acceptors (Lipinski definition) is 6. The lowest BCUT2D eigenvalue weighted by Crippen LogP contribution is -2.17. The fraction of sp³-hybridized carbons (Fsp3) is 0.250. The van der Waals surface area contributed by atoms with Crippen LogP contribution in [0.2, 0.25) is 0 Å². The van der Waals surface area contributed by atoms with Gasteiger partial charge in [-0.25, -0.2) is 0 Å². The van der Waals surface area contributed by atoms with Gasteiger partial charge in [0.25, 0.3) is 5.91 Å². The molecule has 8 nitrogen and oxygen atoms in total. The highest BCUT2D eigenvalue weighted by Gasteiger charge is 2.19. The van der Waals surface area contributed by atoms with Gasteiger partial charge in [0.1, 0.15) is 0 Å². The number of pyridine rings is 2. The number of nitrogens with two attached hydrogens (primary N) is 1. The average Bonchev–Trinajstić information content (AvgIpc) is 3.12. The molecule has 0 bridgehead atoms. The molecule has 0 saturated heterocycles. The Morgan fingerprint density at radius 2 is 1.97 bits per heavy atom. The molecule has 4 rings (SSSR count). The molecule has 0 aliphatic rings. The largest absolute Gasteiger partial charge is 0.378 e. The molecule has 3 N–H and O–H groups in total. The zero-order valence-electron chi connectivity index (χ0n) is 18.6. The first-order valence-corrected chi connectivity index (χ1v) is 10.3. The van der Waals surface area contributed by atoms with Gasteiger partial charge in [0.2, 0.25) is 0 Å². The number of aryl methyl sites for hydroxylation is 2. The Balaban J connectivity index is 1.80. The Morgan fingerprint density at radius 1 is 1.19 bits per heavy atom. The van der Waals surface area contributed by atoms with Gasteiger partial charge in [-0.1, -0.05) is 12.1 Å². The van der Waals surface area contributed by atoms with Crippen LogP contribution in [-0.2, 0) is 18.4 Å². The molecule has 0 fully saturated rings. The Bertz CT molecular complexity index is 1280. The molecule has 1 amide bonds. The van der Waals surface area contributed by atoms with Gasteiger partial charge in [-0.3, -0.25) is 19.4 Å². The first kappa shape index (κ1) is 21.5. The van der Waals surface area contributed by atoms with Crippen LogP contribution in [0.3, 0.4) is 0 Å². The van der Waals surface area contributed by atoms with Gasteiger partial charge >= 0.3 is 0 Å². The molecular weight excluding hydrogens is 404 g/mol. The molecule has 4 aromatic rings. The van der Waals surface area contributed by atoms with E-state index in [2.05, 4.69) is 20.4 Å². The summed E-state index contributed by atoms with van der Waals surface area (Å²) in [5.41, 5.74) is 12.2. The van der Waals surface area contributed by atoms with Crippen molar-refractivity contribution in [1.29, 1.82) is 0 Å². The fourth-order valence-electron chi connectivity index (χ4n) is 3.88. The Kier molecular flexibility index (Phi) is 5.87. The van der Waals surface area contributed by atoms with Crippen LogP contribution in [0.5, 0.6) is 0 Å². The summed E-state index contributed by atoms with van der Waals surface area (Å²) in [7, 11) is 3.53. The van der Waals surface area contributed by atoms with Crippen LogP contribution in [0, 0.1) is 6.92 Å². The lowest BCUT2D eigenvalue weighted by atomic mass is 10.0. The SMILES string of the molecule is COCc1ccc(-c2ccc3ncc(C(N)=O)c(N[C@@H](C)c4nn(C)cc4C)c3c2)cn1. The molecule has 0 saturated carbocycles. The van der Waals surface area contributed by atoms with Crippen molar-refractivity contribution in [3.05, 3.63) is 71.4 Å². The van der Waals surface area contributed by atoms with Crippen molar-refractivity contribution in [2.75, 3.05) is 12.4 Å². The number of primary amides is 1. The minimum atomic E-state index is -0.539. The average molecular weight is 431 g/mol. The predicted octanol–water partition coefficient (Wildman–Crippen LogP) is 3.76. The molecule has 1 atom stereocenters. The zero-order chi connectivity index (χ0) is 22.8. The summed E-state index contributed by atoms with van der Waals surface area (Å²) in [5, 5.41) is 8.82. The summed E-state index contributed by atoms with van der Waals surface area (Å²) < 4.78 is 6.91. The van der Waals surface area contributed by atoms with Crippen LogP contribution in [0.25, 0.3) is 22.0 Å². The normalized spacial score (nSPS) is 12.1. The molecule has 1 aromatic carbocycles. The second-order valence-electron chi connectivity index (χ2n) is 7.85. The molecule has 3 aromatic heterocycles. The van der Waals surface area contributed by atoms with Crippen molar-refractivity contribution in [2.24, 2.45) is 12.8 Å². The molecule has 0 unspecified atom stereocenters.